The molecular weight excluding hydrogens is 413 g/mol. The van der Waals surface area contributed by atoms with Crippen molar-refractivity contribution >= 4 is 34.4 Å². The number of fused-ring (bicyclic) bond motifs is 2. The molecule has 2 aliphatic heterocycles. The number of carbonyl (C=O) groups excluding carboxylic acids is 3. The van der Waals surface area contributed by atoms with E-state index in [1.165, 1.54) is 12.1 Å². The van der Waals surface area contributed by atoms with Crippen LogP contribution in [0.15, 0.2) is 52.9 Å². The fourth-order valence-corrected chi connectivity index (χ4v) is 4.52. The maximum atomic E-state index is 13.6. The Kier molecular flexibility index (Phi) is 5.13. The summed E-state index contributed by atoms with van der Waals surface area (Å²) in [5.74, 6) is -1.72. The number of para-hydroxylation sites is 1. The monoisotopic (exact) mass is 435 g/mol. The highest BCUT2D eigenvalue weighted by molar-refractivity contribution is 6.01. The molecule has 32 heavy (non-hydrogen) atoms. The summed E-state index contributed by atoms with van der Waals surface area (Å²) in [6.07, 6.45) is 1.48. The van der Waals surface area contributed by atoms with Crippen molar-refractivity contribution in [2.75, 3.05) is 18.4 Å². The smallest absolute Gasteiger partial charge is 0.287 e. The third-order valence-electron chi connectivity index (χ3n) is 6.07. The lowest BCUT2D eigenvalue weighted by atomic mass is 9.88. The second-order valence-electron chi connectivity index (χ2n) is 8.28. The minimum absolute atomic E-state index is 0.0178. The third-order valence-corrected chi connectivity index (χ3v) is 6.07. The number of furan rings is 1. The zero-order valence-electron chi connectivity index (χ0n) is 17.3. The lowest BCUT2D eigenvalue weighted by Crippen LogP contribution is -2.51. The molecule has 0 saturated carbocycles. The van der Waals surface area contributed by atoms with Gasteiger partial charge in [0.25, 0.3) is 5.91 Å². The molecule has 0 bridgehead atoms. The van der Waals surface area contributed by atoms with Crippen LogP contribution in [0, 0.1) is 5.82 Å². The molecule has 2 atom stereocenters. The van der Waals surface area contributed by atoms with Crippen molar-refractivity contribution in [3.63, 3.8) is 0 Å². The number of nitrogens with one attached hydrogen (secondary N) is 2. The van der Waals surface area contributed by atoms with E-state index in [-0.39, 0.29) is 35.9 Å². The Labute approximate surface area is 183 Å². The highest BCUT2D eigenvalue weighted by Crippen LogP contribution is 2.34. The van der Waals surface area contributed by atoms with E-state index in [1.807, 2.05) is 18.2 Å². The molecule has 0 spiro atoms. The summed E-state index contributed by atoms with van der Waals surface area (Å²) in [6, 6.07) is 13.0. The van der Waals surface area contributed by atoms with E-state index in [0.717, 1.165) is 18.2 Å². The number of benzene rings is 2. The number of halogens is 1. The van der Waals surface area contributed by atoms with Crippen molar-refractivity contribution in [3.8, 4) is 0 Å². The number of likely N-dealkylation sites (tertiary alicyclic amines) is 1. The maximum absolute atomic E-state index is 13.6. The predicted octanol–water partition coefficient (Wildman–Crippen LogP) is 3.42. The highest BCUT2D eigenvalue weighted by Gasteiger charge is 2.35. The molecule has 0 radical (unpaired) electrons. The molecule has 2 N–H and O–H groups in total. The van der Waals surface area contributed by atoms with Crippen molar-refractivity contribution in [3.05, 3.63) is 65.7 Å². The number of hydrogen-bond donors (Lipinski definition) is 2. The molecule has 2 aliphatic rings. The number of anilines is 1. The molecule has 2 aromatic carbocycles. The van der Waals surface area contributed by atoms with Crippen LogP contribution in [0.2, 0.25) is 0 Å². The molecule has 1 fully saturated rings. The van der Waals surface area contributed by atoms with Gasteiger partial charge in [-0.2, -0.15) is 0 Å². The highest BCUT2D eigenvalue weighted by atomic mass is 19.1. The van der Waals surface area contributed by atoms with Crippen LogP contribution in [-0.4, -0.2) is 41.8 Å². The molecule has 1 aromatic heterocycles. The van der Waals surface area contributed by atoms with Gasteiger partial charge < -0.3 is 20.0 Å². The molecule has 3 aromatic rings. The van der Waals surface area contributed by atoms with Crippen LogP contribution >= 0.6 is 0 Å². The summed E-state index contributed by atoms with van der Waals surface area (Å²) in [4.78, 5) is 39.8. The average Bonchev–Trinajstić information content (AvgIpc) is 3.22. The Morgan fingerprint density at radius 3 is 2.84 bits per heavy atom. The largest absolute Gasteiger partial charge is 0.451 e. The van der Waals surface area contributed by atoms with Gasteiger partial charge in [0.15, 0.2) is 5.76 Å². The number of amides is 3. The van der Waals surface area contributed by atoms with E-state index in [4.69, 9.17) is 4.42 Å². The molecule has 0 aliphatic carbocycles. The Balaban J connectivity index is 1.29. The normalized spacial score (nSPS) is 20.5. The molecule has 1 saturated heterocycles. The van der Waals surface area contributed by atoms with Gasteiger partial charge in [0.1, 0.15) is 11.4 Å². The van der Waals surface area contributed by atoms with Crippen LogP contribution in [0.3, 0.4) is 0 Å². The fraction of sp³-hybridized carbons (Fsp3) is 0.292. The number of rotatable bonds is 3. The van der Waals surface area contributed by atoms with Crippen LogP contribution in [0.25, 0.3) is 11.0 Å². The van der Waals surface area contributed by atoms with E-state index >= 15 is 0 Å². The van der Waals surface area contributed by atoms with E-state index in [0.29, 0.717) is 29.9 Å². The molecule has 3 amide bonds. The summed E-state index contributed by atoms with van der Waals surface area (Å²) < 4.78 is 19.2. The Morgan fingerprint density at radius 2 is 2.00 bits per heavy atom. The first-order chi connectivity index (χ1) is 15.5. The van der Waals surface area contributed by atoms with E-state index in [2.05, 4.69) is 10.6 Å². The van der Waals surface area contributed by atoms with Gasteiger partial charge in [-0.3, -0.25) is 14.4 Å². The van der Waals surface area contributed by atoms with Crippen LogP contribution < -0.4 is 10.6 Å². The van der Waals surface area contributed by atoms with Gasteiger partial charge in [0.05, 0.1) is 5.92 Å². The molecule has 8 heteroatoms. The van der Waals surface area contributed by atoms with Crippen molar-refractivity contribution in [2.45, 2.75) is 31.2 Å². The molecule has 3 heterocycles. The topological polar surface area (TPSA) is 91.7 Å². The maximum Gasteiger partial charge on any atom is 0.287 e. The SMILES string of the molecule is O=C1CC(C(=O)N2CCCC(NC(=O)c3cc4ccccc4o3)C2)c2ccc(F)cc2N1. The molecule has 5 rings (SSSR count). The summed E-state index contributed by atoms with van der Waals surface area (Å²) >= 11 is 0. The first kappa shape index (κ1) is 20.2. The first-order valence-electron chi connectivity index (χ1n) is 10.7. The van der Waals surface area contributed by atoms with E-state index < -0.39 is 11.7 Å². The van der Waals surface area contributed by atoms with Crippen molar-refractivity contribution in [1.29, 1.82) is 0 Å². The number of piperidine rings is 1. The summed E-state index contributed by atoms with van der Waals surface area (Å²) in [7, 11) is 0. The fourth-order valence-electron chi connectivity index (χ4n) is 4.52. The number of nitrogens with zero attached hydrogens (tertiary/aromatic N) is 1. The lowest BCUT2D eigenvalue weighted by Gasteiger charge is -2.36. The van der Waals surface area contributed by atoms with Gasteiger partial charge in [0, 0.05) is 36.6 Å². The van der Waals surface area contributed by atoms with Gasteiger partial charge in [0.2, 0.25) is 11.8 Å². The molecule has 2 unspecified atom stereocenters. The number of hydrogen-bond acceptors (Lipinski definition) is 4. The van der Waals surface area contributed by atoms with Gasteiger partial charge in [-0.25, -0.2) is 4.39 Å². The zero-order chi connectivity index (χ0) is 22.2. The third kappa shape index (κ3) is 3.84. The summed E-state index contributed by atoms with van der Waals surface area (Å²) in [5, 5.41) is 6.45. The van der Waals surface area contributed by atoms with Crippen LogP contribution in [-0.2, 0) is 9.59 Å². The number of carbonyl (C=O) groups is 3. The predicted molar refractivity (Wildman–Crippen MR) is 116 cm³/mol. The van der Waals surface area contributed by atoms with Gasteiger partial charge in [-0.15, -0.1) is 0 Å². The summed E-state index contributed by atoms with van der Waals surface area (Å²) in [6.45, 7) is 0.893. The Bertz CT molecular complexity index is 1190. The standard InChI is InChI=1S/C24H22FN3O4/c25-15-7-8-17-18(12-22(29)27-19(17)11-15)24(31)28-9-3-5-16(13-28)26-23(30)21-10-14-4-1-2-6-20(14)32-21/h1-2,4,6-8,10-11,16,18H,3,5,9,12-13H2,(H,26,30)(H,27,29). The molecule has 7 nitrogen and oxygen atoms in total. The van der Waals surface area contributed by atoms with Crippen molar-refractivity contribution < 1.29 is 23.2 Å². The Morgan fingerprint density at radius 1 is 1.16 bits per heavy atom. The van der Waals surface area contributed by atoms with E-state index in [1.54, 1.807) is 23.1 Å². The van der Waals surface area contributed by atoms with Crippen molar-refractivity contribution in [1.82, 2.24) is 10.2 Å². The van der Waals surface area contributed by atoms with Crippen LogP contribution in [0.4, 0.5) is 10.1 Å². The van der Waals surface area contributed by atoms with E-state index in [9.17, 15) is 18.8 Å². The van der Waals surface area contributed by atoms with Crippen LogP contribution in [0.1, 0.15) is 41.3 Å². The Hall–Kier alpha value is -3.68. The summed E-state index contributed by atoms with van der Waals surface area (Å²) in [5.41, 5.74) is 1.60. The molecular formula is C24H22FN3O4. The van der Waals surface area contributed by atoms with Crippen LogP contribution in [0.5, 0.6) is 0 Å². The first-order valence-corrected chi connectivity index (χ1v) is 10.7. The quantitative estimate of drug-likeness (QED) is 0.660. The second-order valence-corrected chi connectivity index (χ2v) is 8.28. The minimum atomic E-state index is -0.663. The van der Waals surface area contributed by atoms with Gasteiger partial charge in [-0.1, -0.05) is 24.3 Å². The molecule has 164 valence electrons. The lowest BCUT2D eigenvalue weighted by molar-refractivity contribution is -0.136. The average molecular weight is 435 g/mol. The minimum Gasteiger partial charge on any atom is -0.451 e. The van der Waals surface area contributed by atoms with Gasteiger partial charge >= 0.3 is 0 Å². The van der Waals surface area contributed by atoms with Gasteiger partial charge in [-0.05, 0) is 42.7 Å². The zero-order valence-corrected chi connectivity index (χ0v) is 17.3. The van der Waals surface area contributed by atoms with Crippen molar-refractivity contribution in [2.24, 2.45) is 0 Å². The second kappa shape index (κ2) is 8.11.